The first-order valence-electron chi connectivity index (χ1n) is 6.48. The van der Waals surface area contributed by atoms with E-state index in [1.807, 2.05) is 0 Å². The second kappa shape index (κ2) is 6.72. The summed E-state index contributed by atoms with van der Waals surface area (Å²) >= 11 is 5.60. The van der Waals surface area contributed by atoms with Crippen LogP contribution in [0.25, 0.3) is 0 Å². The summed E-state index contributed by atoms with van der Waals surface area (Å²) in [5.41, 5.74) is 0.451. The highest BCUT2D eigenvalue weighted by atomic mass is 35.5. The van der Waals surface area contributed by atoms with Gasteiger partial charge in [0.1, 0.15) is 11.4 Å². The van der Waals surface area contributed by atoms with Crippen molar-refractivity contribution >= 4 is 17.5 Å². The number of aromatic nitrogens is 1. The van der Waals surface area contributed by atoms with Gasteiger partial charge in [-0.25, -0.2) is 4.39 Å². The van der Waals surface area contributed by atoms with Crippen LogP contribution >= 0.6 is 11.6 Å². The fourth-order valence-electron chi connectivity index (χ4n) is 1.95. The van der Waals surface area contributed by atoms with Crippen LogP contribution in [-0.2, 0) is 0 Å². The quantitative estimate of drug-likeness (QED) is 0.804. The van der Waals surface area contributed by atoms with Crippen molar-refractivity contribution in [2.75, 3.05) is 6.61 Å². The molecule has 0 aliphatic rings. The summed E-state index contributed by atoms with van der Waals surface area (Å²) in [6.07, 6.45) is 1.30. The van der Waals surface area contributed by atoms with E-state index in [9.17, 15) is 19.1 Å². The summed E-state index contributed by atoms with van der Waals surface area (Å²) < 4.78 is 13.5. The number of H-pyrrole nitrogens is 1. The first-order valence-corrected chi connectivity index (χ1v) is 6.86. The number of aliphatic hydroxyl groups excluding tert-OH is 1. The number of carbonyl (C=O) groups is 1. The fourth-order valence-corrected chi connectivity index (χ4v) is 2.07. The molecule has 0 unspecified atom stereocenters. The number of carbonyl (C=O) groups excluding carboxylic acids is 1. The number of aromatic amines is 1. The lowest BCUT2D eigenvalue weighted by molar-refractivity contribution is 0.0914. The Labute approximate surface area is 130 Å². The highest BCUT2D eigenvalue weighted by molar-refractivity contribution is 6.30. The number of hydrogen-bond acceptors (Lipinski definition) is 3. The number of benzene rings is 1. The molecule has 0 bridgehead atoms. The van der Waals surface area contributed by atoms with E-state index in [0.717, 1.165) is 6.07 Å². The van der Waals surface area contributed by atoms with Crippen LogP contribution in [0.5, 0.6) is 0 Å². The maximum atomic E-state index is 13.5. The molecule has 0 saturated heterocycles. The molecule has 0 fully saturated rings. The first-order chi connectivity index (χ1) is 10.4. The molecule has 0 radical (unpaired) electrons. The van der Waals surface area contributed by atoms with Crippen LogP contribution in [-0.4, -0.2) is 22.6 Å². The van der Waals surface area contributed by atoms with Gasteiger partial charge in [0.15, 0.2) is 5.43 Å². The molecule has 0 spiro atoms. The number of halogens is 2. The van der Waals surface area contributed by atoms with Crippen LogP contribution < -0.4 is 10.7 Å². The van der Waals surface area contributed by atoms with E-state index in [0.29, 0.717) is 11.3 Å². The van der Waals surface area contributed by atoms with Crippen LogP contribution in [0.1, 0.15) is 27.7 Å². The Balaban J connectivity index is 2.24. The maximum absolute atomic E-state index is 13.5. The Morgan fingerprint density at radius 1 is 1.45 bits per heavy atom. The highest BCUT2D eigenvalue weighted by Gasteiger charge is 2.18. The van der Waals surface area contributed by atoms with Gasteiger partial charge in [-0.2, -0.15) is 0 Å². The fraction of sp³-hybridized carbons (Fsp3) is 0.200. The summed E-state index contributed by atoms with van der Waals surface area (Å²) in [6, 6.07) is 4.40. The Morgan fingerprint density at radius 2 is 2.18 bits per heavy atom. The second-order valence-corrected chi connectivity index (χ2v) is 5.18. The summed E-state index contributed by atoms with van der Waals surface area (Å²) in [5.74, 6) is -1.31. The molecular formula is C15H14ClFN2O3. The Morgan fingerprint density at radius 3 is 2.77 bits per heavy atom. The highest BCUT2D eigenvalue weighted by Crippen LogP contribution is 2.20. The van der Waals surface area contributed by atoms with E-state index in [1.165, 1.54) is 24.4 Å². The predicted octanol–water partition coefficient (Wildman–Crippen LogP) is 1.94. The molecule has 0 aliphatic heterocycles. The zero-order valence-corrected chi connectivity index (χ0v) is 12.4. The number of aryl methyl sites for hydroxylation is 1. The smallest absolute Gasteiger partial charge is 0.257 e. The molecule has 2 rings (SSSR count). The largest absolute Gasteiger partial charge is 0.394 e. The molecule has 7 heteroatoms. The minimum absolute atomic E-state index is 0.0539. The van der Waals surface area contributed by atoms with Crippen LogP contribution in [0.3, 0.4) is 0 Å². The van der Waals surface area contributed by atoms with Crippen molar-refractivity contribution in [3.63, 3.8) is 0 Å². The monoisotopic (exact) mass is 324 g/mol. The van der Waals surface area contributed by atoms with Gasteiger partial charge in [-0.15, -0.1) is 0 Å². The summed E-state index contributed by atoms with van der Waals surface area (Å²) in [5, 5.41) is 11.8. The van der Waals surface area contributed by atoms with Crippen LogP contribution in [0.4, 0.5) is 4.39 Å². The van der Waals surface area contributed by atoms with Gasteiger partial charge >= 0.3 is 0 Å². The lowest BCUT2D eigenvalue weighted by atomic mass is 10.1. The normalized spacial score (nSPS) is 12.0. The molecule has 1 amide bonds. The number of nitrogens with one attached hydrogen (secondary N) is 2. The van der Waals surface area contributed by atoms with Gasteiger partial charge in [0.25, 0.3) is 5.91 Å². The van der Waals surface area contributed by atoms with Gasteiger partial charge < -0.3 is 15.4 Å². The van der Waals surface area contributed by atoms with Crippen molar-refractivity contribution in [3.8, 4) is 0 Å². The Bertz CT molecular complexity index is 761. The maximum Gasteiger partial charge on any atom is 0.257 e. The summed E-state index contributed by atoms with van der Waals surface area (Å²) in [4.78, 5) is 26.6. The third-order valence-electron chi connectivity index (χ3n) is 3.14. The number of amides is 1. The average Bonchev–Trinajstić information content (AvgIpc) is 2.47. The van der Waals surface area contributed by atoms with Crippen molar-refractivity contribution in [2.24, 2.45) is 0 Å². The van der Waals surface area contributed by atoms with E-state index in [2.05, 4.69) is 10.3 Å². The van der Waals surface area contributed by atoms with Gasteiger partial charge in [-0.3, -0.25) is 9.59 Å². The van der Waals surface area contributed by atoms with Gasteiger partial charge in [0, 0.05) is 18.0 Å². The van der Waals surface area contributed by atoms with Crippen molar-refractivity contribution in [3.05, 3.63) is 68.3 Å². The molecule has 0 aliphatic carbocycles. The molecule has 22 heavy (non-hydrogen) atoms. The van der Waals surface area contributed by atoms with E-state index < -0.39 is 29.8 Å². The van der Waals surface area contributed by atoms with Crippen LogP contribution in [0.2, 0.25) is 5.02 Å². The van der Waals surface area contributed by atoms with Gasteiger partial charge in [-0.05, 0) is 24.6 Å². The molecule has 1 heterocycles. The number of pyridine rings is 1. The summed E-state index contributed by atoms with van der Waals surface area (Å²) in [7, 11) is 0. The number of hydrogen-bond donors (Lipinski definition) is 3. The molecule has 1 atom stereocenters. The minimum Gasteiger partial charge on any atom is -0.394 e. The van der Waals surface area contributed by atoms with E-state index in [4.69, 9.17) is 11.6 Å². The summed E-state index contributed by atoms with van der Waals surface area (Å²) in [6.45, 7) is 1.24. The van der Waals surface area contributed by atoms with E-state index >= 15 is 0 Å². The van der Waals surface area contributed by atoms with Crippen molar-refractivity contribution in [1.82, 2.24) is 10.3 Å². The molecule has 0 saturated carbocycles. The Hall–Kier alpha value is -2.18. The third-order valence-corrected chi connectivity index (χ3v) is 3.44. The lowest BCUT2D eigenvalue weighted by Gasteiger charge is -2.17. The predicted molar refractivity (Wildman–Crippen MR) is 80.5 cm³/mol. The van der Waals surface area contributed by atoms with Crippen molar-refractivity contribution in [1.29, 1.82) is 0 Å². The number of aliphatic hydroxyl groups is 1. The minimum atomic E-state index is -0.847. The second-order valence-electron chi connectivity index (χ2n) is 4.78. The lowest BCUT2D eigenvalue weighted by Crippen LogP contribution is -2.34. The Kier molecular flexibility index (Phi) is 4.95. The molecule has 5 nitrogen and oxygen atoms in total. The van der Waals surface area contributed by atoms with Gasteiger partial charge in [0.2, 0.25) is 0 Å². The van der Waals surface area contributed by atoms with Crippen molar-refractivity contribution in [2.45, 2.75) is 13.0 Å². The van der Waals surface area contributed by atoms with Crippen molar-refractivity contribution < 1.29 is 14.3 Å². The molecule has 1 aromatic heterocycles. The first kappa shape index (κ1) is 16.2. The molecule has 116 valence electrons. The third kappa shape index (κ3) is 3.52. The SMILES string of the molecule is Cc1cc(=O)c(C(=O)N[C@H](CO)c2ccc(Cl)c(F)c2)c[nH]1. The molecule has 1 aromatic carbocycles. The topological polar surface area (TPSA) is 82.2 Å². The zero-order chi connectivity index (χ0) is 16.3. The van der Waals surface area contributed by atoms with Crippen LogP contribution in [0, 0.1) is 12.7 Å². The molecular weight excluding hydrogens is 311 g/mol. The van der Waals surface area contributed by atoms with Gasteiger partial charge in [0.05, 0.1) is 17.7 Å². The standard InChI is InChI=1S/C15H14ClFN2O3/c1-8-4-14(21)10(6-18-8)15(22)19-13(7-20)9-2-3-11(16)12(17)5-9/h2-6,13,20H,7H2,1H3,(H,18,21)(H,19,22)/t13-/m1/s1. The van der Waals surface area contributed by atoms with Gasteiger partial charge in [-0.1, -0.05) is 17.7 Å². The molecule has 3 N–H and O–H groups in total. The average molecular weight is 325 g/mol. The number of rotatable bonds is 4. The van der Waals surface area contributed by atoms with Crippen LogP contribution in [0.15, 0.2) is 35.3 Å². The van der Waals surface area contributed by atoms with E-state index in [-0.39, 0.29) is 10.6 Å². The molecule has 2 aromatic rings. The zero-order valence-electron chi connectivity index (χ0n) is 11.7. The van der Waals surface area contributed by atoms with E-state index in [1.54, 1.807) is 6.92 Å².